The van der Waals surface area contributed by atoms with E-state index in [-0.39, 0.29) is 6.61 Å². The van der Waals surface area contributed by atoms with E-state index in [9.17, 15) is 4.79 Å². The van der Waals surface area contributed by atoms with Gasteiger partial charge in [0, 0.05) is 28.1 Å². The number of aromatic nitrogens is 3. The van der Waals surface area contributed by atoms with Gasteiger partial charge in [-0.25, -0.2) is 14.8 Å². The summed E-state index contributed by atoms with van der Waals surface area (Å²) in [6, 6.07) is 16.9. The van der Waals surface area contributed by atoms with Gasteiger partial charge < -0.3 is 14.8 Å². The van der Waals surface area contributed by atoms with Crippen LogP contribution in [0.15, 0.2) is 71.5 Å². The van der Waals surface area contributed by atoms with Crippen LogP contribution in [0.25, 0.3) is 22.3 Å². The zero-order valence-corrected chi connectivity index (χ0v) is 17.6. The van der Waals surface area contributed by atoms with Crippen molar-refractivity contribution >= 4 is 44.3 Å². The minimum Gasteiger partial charge on any atom is -0.482 e. The van der Waals surface area contributed by atoms with Crippen LogP contribution in [0.2, 0.25) is 0 Å². The number of ether oxygens (including phenoxy) is 2. The summed E-state index contributed by atoms with van der Waals surface area (Å²) in [6.45, 7) is -0.166. The molecule has 0 saturated heterocycles. The van der Waals surface area contributed by atoms with E-state index in [2.05, 4.69) is 36.0 Å². The molecule has 7 nitrogen and oxygen atoms in total. The van der Waals surface area contributed by atoms with Crippen LogP contribution >= 0.6 is 15.9 Å². The number of pyridine rings is 1. The first-order valence-corrected chi connectivity index (χ1v) is 9.86. The molecular formula is C22H17BrN4O3. The SMILES string of the molecule is COC(=O)COc1cccc(-c2nc(Nc3ccc(Br)cc3)c3cnccc3n2)c1. The number of rotatable bonds is 6. The summed E-state index contributed by atoms with van der Waals surface area (Å²) in [7, 11) is 1.32. The fourth-order valence-electron chi connectivity index (χ4n) is 2.79. The van der Waals surface area contributed by atoms with Crippen LogP contribution in [0.4, 0.5) is 11.5 Å². The third kappa shape index (κ3) is 4.55. The van der Waals surface area contributed by atoms with Gasteiger partial charge in [0.1, 0.15) is 11.6 Å². The number of anilines is 2. The molecule has 1 N–H and O–H groups in total. The number of hydrogen-bond donors (Lipinski definition) is 1. The van der Waals surface area contributed by atoms with E-state index in [4.69, 9.17) is 9.72 Å². The Bertz CT molecular complexity index is 1200. The Balaban J connectivity index is 1.71. The van der Waals surface area contributed by atoms with Crippen LogP contribution in [0.5, 0.6) is 5.75 Å². The lowest BCUT2D eigenvalue weighted by atomic mass is 10.2. The van der Waals surface area contributed by atoms with Crippen LogP contribution in [-0.4, -0.2) is 34.6 Å². The second-order valence-electron chi connectivity index (χ2n) is 6.31. The maximum Gasteiger partial charge on any atom is 0.343 e. The normalized spacial score (nSPS) is 10.6. The molecule has 0 atom stereocenters. The highest BCUT2D eigenvalue weighted by Crippen LogP contribution is 2.28. The van der Waals surface area contributed by atoms with Gasteiger partial charge in [-0.05, 0) is 42.5 Å². The maximum atomic E-state index is 11.3. The molecule has 150 valence electrons. The topological polar surface area (TPSA) is 86.2 Å². The number of halogens is 1. The first-order valence-electron chi connectivity index (χ1n) is 9.07. The Morgan fingerprint density at radius 1 is 1.10 bits per heavy atom. The van der Waals surface area contributed by atoms with Gasteiger partial charge in [-0.1, -0.05) is 28.1 Å². The molecule has 4 aromatic rings. The van der Waals surface area contributed by atoms with Crippen molar-refractivity contribution in [3.8, 4) is 17.1 Å². The summed E-state index contributed by atoms with van der Waals surface area (Å²) in [5.74, 6) is 1.25. The van der Waals surface area contributed by atoms with Gasteiger partial charge in [-0.2, -0.15) is 0 Å². The number of benzene rings is 2. The van der Waals surface area contributed by atoms with Crippen molar-refractivity contribution in [2.24, 2.45) is 0 Å². The maximum absolute atomic E-state index is 11.3. The summed E-state index contributed by atoms with van der Waals surface area (Å²) in [4.78, 5) is 24.9. The van der Waals surface area contributed by atoms with Crippen molar-refractivity contribution in [3.05, 3.63) is 71.5 Å². The van der Waals surface area contributed by atoms with Gasteiger partial charge in [0.15, 0.2) is 12.4 Å². The van der Waals surface area contributed by atoms with Crippen molar-refractivity contribution in [1.82, 2.24) is 15.0 Å². The van der Waals surface area contributed by atoms with Crippen LogP contribution in [0.3, 0.4) is 0 Å². The molecule has 0 spiro atoms. The summed E-state index contributed by atoms with van der Waals surface area (Å²) >= 11 is 3.44. The van der Waals surface area contributed by atoms with E-state index >= 15 is 0 Å². The van der Waals surface area contributed by atoms with Crippen LogP contribution in [0, 0.1) is 0 Å². The Morgan fingerprint density at radius 3 is 2.73 bits per heavy atom. The van der Waals surface area contributed by atoms with Crippen molar-refractivity contribution in [2.45, 2.75) is 0 Å². The van der Waals surface area contributed by atoms with Gasteiger partial charge in [0.05, 0.1) is 18.0 Å². The Hall–Kier alpha value is -3.52. The molecule has 0 aliphatic rings. The summed E-state index contributed by atoms with van der Waals surface area (Å²) in [5.41, 5.74) is 2.41. The molecule has 0 radical (unpaired) electrons. The van der Waals surface area contributed by atoms with E-state index in [0.717, 1.165) is 26.6 Å². The van der Waals surface area contributed by atoms with Gasteiger partial charge in [-0.15, -0.1) is 0 Å². The highest BCUT2D eigenvalue weighted by atomic mass is 79.9. The molecule has 30 heavy (non-hydrogen) atoms. The van der Waals surface area contributed by atoms with Crippen LogP contribution in [-0.2, 0) is 9.53 Å². The van der Waals surface area contributed by atoms with E-state index in [0.29, 0.717) is 17.4 Å². The number of carbonyl (C=O) groups is 1. The van der Waals surface area contributed by atoms with Crippen molar-refractivity contribution in [3.63, 3.8) is 0 Å². The highest BCUT2D eigenvalue weighted by molar-refractivity contribution is 9.10. The molecule has 4 rings (SSSR count). The molecule has 2 heterocycles. The highest BCUT2D eigenvalue weighted by Gasteiger charge is 2.11. The van der Waals surface area contributed by atoms with E-state index < -0.39 is 5.97 Å². The largest absolute Gasteiger partial charge is 0.482 e. The zero-order valence-electron chi connectivity index (χ0n) is 16.0. The van der Waals surface area contributed by atoms with Crippen LogP contribution < -0.4 is 10.1 Å². The first-order chi connectivity index (χ1) is 14.6. The summed E-state index contributed by atoms with van der Waals surface area (Å²) in [5, 5.41) is 4.15. The van der Waals surface area contributed by atoms with E-state index in [1.807, 2.05) is 42.5 Å². The van der Waals surface area contributed by atoms with Gasteiger partial charge in [0.25, 0.3) is 0 Å². The number of methoxy groups -OCH3 is 1. The number of carbonyl (C=O) groups excluding carboxylic acids is 1. The van der Waals surface area contributed by atoms with E-state index in [1.54, 1.807) is 24.5 Å². The first kappa shape index (κ1) is 19.8. The second-order valence-corrected chi connectivity index (χ2v) is 7.23. The zero-order chi connectivity index (χ0) is 20.9. The lowest BCUT2D eigenvalue weighted by Gasteiger charge is -2.12. The molecule has 0 bridgehead atoms. The van der Waals surface area contributed by atoms with Gasteiger partial charge in [-0.3, -0.25) is 4.98 Å². The molecule has 0 aliphatic heterocycles. The number of fused-ring (bicyclic) bond motifs is 1. The Labute approximate surface area is 181 Å². The molecule has 2 aromatic heterocycles. The summed E-state index contributed by atoms with van der Waals surface area (Å²) in [6.07, 6.45) is 3.43. The third-order valence-corrected chi connectivity index (χ3v) is 4.81. The molecule has 0 saturated carbocycles. The lowest BCUT2D eigenvalue weighted by Crippen LogP contribution is -2.12. The number of nitrogens with zero attached hydrogens (tertiary/aromatic N) is 3. The minimum absolute atomic E-state index is 0.166. The fraction of sp³-hybridized carbons (Fsp3) is 0.0909. The molecular weight excluding hydrogens is 448 g/mol. The molecule has 0 aliphatic carbocycles. The van der Waals surface area contributed by atoms with Crippen LogP contribution in [0.1, 0.15) is 0 Å². The Kier molecular flexibility index (Phi) is 5.85. The number of hydrogen-bond acceptors (Lipinski definition) is 7. The second kappa shape index (κ2) is 8.87. The quantitative estimate of drug-likeness (QED) is 0.412. The number of esters is 1. The smallest absolute Gasteiger partial charge is 0.343 e. The Morgan fingerprint density at radius 2 is 1.93 bits per heavy atom. The molecule has 0 fully saturated rings. The third-order valence-electron chi connectivity index (χ3n) is 4.28. The predicted molar refractivity (Wildman–Crippen MR) is 118 cm³/mol. The monoisotopic (exact) mass is 464 g/mol. The van der Waals surface area contributed by atoms with E-state index in [1.165, 1.54) is 7.11 Å². The molecule has 8 heteroatoms. The van der Waals surface area contributed by atoms with Crippen molar-refractivity contribution in [2.75, 3.05) is 19.0 Å². The average molecular weight is 465 g/mol. The van der Waals surface area contributed by atoms with Crippen molar-refractivity contribution in [1.29, 1.82) is 0 Å². The summed E-state index contributed by atoms with van der Waals surface area (Å²) < 4.78 is 11.1. The number of nitrogens with one attached hydrogen (secondary N) is 1. The van der Waals surface area contributed by atoms with Gasteiger partial charge in [0.2, 0.25) is 0 Å². The molecule has 2 aromatic carbocycles. The van der Waals surface area contributed by atoms with Gasteiger partial charge >= 0.3 is 5.97 Å². The molecule has 0 amide bonds. The standard InChI is InChI=1S/C22H17BrN4O3/c1-29-20(28)13-30-17-4-2-3-14(11-17)21-26-19-9-10-24-12-18(19)22(27-21)25-16-7-5-15(23)6-8-16/h2-12H,13H2,1H3,(H,25,26,27). The van der Waals surface area contributed by atoms with Crippen molar-refractivity contribution < 1.29 is 14.3 Å². The lowest BCUT2D eigenvalue weighted by molar-refractivity contribution is -0.142. The average Bonchev–Trinajstić information content (AvgIpc) is 2.79. The minimum atomic E-state index is -0.448. The predicted octanol–water partition coefficient (Wildman–Crippen LogP) is 4.75. The molecule has 0 unspecified atom stereocenters. The fourth-order valence-corrected chi connectivity index (χ4v) is 3.06.